The highest BCUT2D eigenvalue weighted by atomic mass is 35.5. The molecule has 2 rings (SSSR count). The Morgan fingerprint density at radius 1 is 1.28 bits per heavy atom. The summed E-state index contributed by atoms with van der Waals surface area (Å²) in [5.41, 5.74) is -0.259. The maximum absolute atomic E-state index is 13.0. The van der Waals surface area contributed by atoms with E-state index in [1.54, 1.807) is 0 Å². The van der Waals surface area contributed by atoms with Gasteiger partial charge in [-0.25, -0.2) is 8.42 Å². The van der Waals surface area contributed by atoms with Crippen molar-refractivity contribution in [3.8, 4) is 5.75 Å². The number of hydrogen-bond donors (Lipinski definition) is 0. The summed E-state index contributed by atoms with van der Waals surface area (Å²) in [6.07, 6.45) is 1.37. The Morgan fingerprint density at radius 3 is 2.44 bits per heavy atom. The molecule has 0 N–H and O–H groups in total. The molecule has 0 bridgehead atoms. The molecule has 0 heterocycles. The van der Waals surface area contributed by atoms with Gasteiger partial charge in [-0.1, -0.05) is 17.7 Å². The van der Waals surface area contributed by atoms with Crippen LogP contribution in [0.2, 0.25) is 5.02 Å². The highest BCUT2D eigenvalue weighted by Gasteiger charge is 2.27. The number of nitro groups is 1. The molecule has 132 valence electrons. The summed E-state index contributed by atoms with van der Waals surface area (Å²) in [4.78, 5) is 10.4. The molecule has 0 saturated carbocycles. The largest absolute Gasteiger partial charge is 0.497 e. The zero-order chi connectivity index (χ0) is 18.6. The molecule has 0 radical (unpaired) electrons. The molecule has 9 heteroatoms. The van der Waals surface area contributed by atoms with Crippen molar-refractivity contribution in [2.75, 3.05) is 18.0 Å². The number of hydrogen-bond acceptors (Lipinski definition) is 5. The molecule has 0 amide bonds. The Balaban J connectivity index is 2.58. The van der Waals surface area contributed by atoms with Crippen molar-refractivity contribution < 1.29 is 18.1 Å². The summed E-state index contributed by atoms with van der Waals surface area (Å²) in [5.74, 6) is 0.502. The van der Waals surface area contributed by atoms with Crippen LogP contribution in [0.25, 0.3) is 0 Å². The van der Waals surface area contributed by atoms with E-state index in [1.807, 2.05) is 0 Å². The second kappa shape index (κ2) is 7.54. The molecule has 7 nitrogen and oxygen atoms in total. The second-order valence-electron chi connectivity index (χ2n) is 4.89. The predicted octanol–water partition coefficient (Wildman–Crippen LogP) is 3.64. The minimum atomic E-state index is -4.01. The number of benzene rings is 2. The Hall–Kier alpha value is -2.58. The van der Waals surface area contributed by atoms with Gasteiger partial charge in [-0.2, -0.15) is 0 Å². The smallest absolute Gasteiger partial charge is 0.271 e. The fourth-order valence-corrected chi connectivity index (χ4v) is 3.84. The van der Waals surface area contributed by atoms with E-state index in [-0.39, 0.29) is 27.8 Å². The van der Waals surface area contributed by atoms with Crippen molar-refractivity contribution in [2.45, 2.75) is 4.90 Å². The zero-order valence-electron chi connectivity index (χ0n) is 13.3. The molecule has 0 spiro atoms. The van der Waals surface area contributed by atoms with Crippen LogP contribution in [0.5, 0.6) is 5.75 Å². The first-order valence-electron chi connectivity index (χ1n) is 7.03. The number of sulfonamides is 1. The molecule has 0 aromatic heterocycles. The monoisotopic (exact) mass is 382 g/mol. The van der Waals surface area contributed by atoms with E-state index in [1.165, 1.54) is 49.6 Å². The normalized spacial score (nSPS) is 11.0. The van der Waals surface area contributed by atoms with E-state index in [9.17, 15) is 18.5 Å². The minimum absolute atomic E-state index is 0.00211. The predicted molar refractivity (Wildman–Crippen MR) is 95.8 cm³/mol. The van der Waals surface area contributed by atoms with Crippen molar-refractivity contribution in [1.29, 1.82) is 0 Å². The topological polar surface area (TPSA) is 89.8 Å². The molecular weight excluding hydrogens is 368 g/mol. The van der Waals surface area contributed by atoms with Gasteiger partial charge in [0.2, 0.25) is 0 Å². The van der Waals surface area contributed by atoms with E-state index in [0.29, 0.717) is 5.75 Å². The van der Waals surface area contributed by atoms with E-state index in [2.05, 4.69) is 6.58 Å². The molecule has 0 aliphatic carbocycles. The number of anilines is 1. The third kappa shape index (κ3) is 3.92. The number of non-ortho nitro benzene ring substituents is 1. The van der Waals surface area contributed by atoms with Crippen LogP contribution in [-0.2, 0) is 10.0 Å². The maximum Gasteiger partial charge on any atom is 0.271 e. The number of ether oxygens (including phenoxy) is 1. The van der Waals surface area contributed by atoms with E-state index >= 15 is 0 Å². The number of nitro benzene ring substituents is 1. The first kappa shape index (κ1) is 18.8. The van der Waals surface area contributed by atoms with Gasteiger partial charge in [0.15, 0.2) is 0 Å². The summed E-state index contributed by atoms with van der Waals surface area (Å²) in [6, 6.07) is 9.40. The van der Waals surface area contributed by atoms with Crippen LogP contribution in [0.15, 0.2) is 60.0 Å². The highest BCUT2D eigenvalue weighted by molar-refractivity contribution is 7.92. The SMILES string of the molecule is C=CCN(c1cc([N+](=O)[O-])ccc1Cl)S(=O)(=O)c1ccc(OC)cc1. The van der Waals surface area contributed by atoms with E-state index in [0.717, 1.165) is 10.4 Å². The summed E-state index contributed by atoms with van der Waals surface area (Å²) < 4.78 is 31.9. The summed E-state index contributed by atoms with van der Waals surface area (Å²) in [7, 11) is -2.54. The second-order valence-corrected chi connectivity index (χ2v) is 7.16. The highest BCUT2D eigenvalue weighted by Crippen LogP contribution is 2.34. The van der Waals surface area contributed by atoms with E-state index in [4.69, 9.17) is 16.3 Å². The van der Waals surface area contributed by atoms with Crippen molar-refractivity contribution >= 4 is 33.0 Å². The lowest BCUT2D eigenvalue weighted by Crippen LogP contribution is -2.31. The average molecular weight is 383 g/mol. The van der Waals surface area contributed by atoms with Crippen LogP contribution in [0.1, 0.15) is 0 Å². The number of rotatable bonds is 7. The molecule has 0 unspecified atom stereocenters. The van der Waals surface area contributed by atoms with Gasteiger partial charge in [0.25, 0.3) is 15.7 Å². The molecule has 2 aromatic rings. The minimum Gasteiger partial charge on any atom is -0.497 e. The van der Waals surface area contributed by atoms with Gasteiger partial charge < -0.3 is 4.74 Å². The Bertz CT molecular complexity index is 897. The molecule has 0 fully saturated rings. The van der Waals surface area contributed by atoms with Gasteiger partial charge in [-0.05, 0) is 30.3 Å². The molecule has 0 saturated heterocycles. The zero-order valence-corrected chi connectivity index (χ0v) is 14.8. The lowest BCUT2D eigenvalue weighted by Gasteiger charge is -2.24. The summed E-state index contributed by atoms with van der Waals surface area (Å²) >= 11 is 6.09. The number of methoxy groups -OCH3 is 1. The Labute approximate surface area is 150 Å². The van der Waals surface area contributed by atoms with Gasteiger partial charge in [0.1, 0.15) is 5.75 Å². The quantitative estimate of drug-likeness (QED) is 0.414. The van der Waals surface area contributed by atoms with Crippen molar-refractivity contribution in [3.63, 3.8) is 0 Å². The van der Waals surface area contributed by atoms with Gasteiger partial charge in [0.05, 0.1) is 34.2 Å². The van der Waals surface area contributed by atoms with Crippen molar-refractivity contribution in [2.24, 2.45) is 0 Å². The molecule has 0 atom stereocenters. The van der Waals surface area contributed by atoms with Crippen LogP contribution in [0, 0.1) is 10.1 Å². The van der Waals surface area contributed by atoms with Crippen LogP contribution >= 0.6 is 11.6 Å². The fourth-order valence-electron chi connectivity index (χ4n) is 2.12. The molecule has 0 aliphatic rings. The Kier molecular flexibility index (Phi) is 5.66. The lowest BCUT2D eigenvalue weighted by molar-refractivity contribution is -0.384. The van der Waals surface area contributed by atoms with Crippen LogP contribution < -0.4 is 9.04 Å². The van der Waals surface area contributed by atoms with Gasteiger partial charge in [-0.15, -0.1) is 6.58 Å². The summed E-state index contributed by atoms with van der Waals surface area (Å²) in [5, 5.41) is 11.1. The molecular formula is C16H15ClN2O5S. The number of halogens is 1. The van der Waals surface area contributed by atoms with Gasteiger partial charge in [-0.3, -0.25) is 14.4 Å². The van der Waals surface area contributed by atoms with Crippen LogP contribution in [-0.4, -0.2) is 27.0 Å². The van der Waals surface area contributed by atoms with Crippen LogP contribution in [0.4, 0.5) is 11.4 Å². The number of nitrogens with zero attached hydrogens (tertiary/aromatic N) is 2. The standard InChI is InChI=1S/C16H15ClN2O5S/c1-3-10-18(16-11-12(19(20)21)4-9-15(16)17)25(22,23)14-7-5-13(24-2)6-8-14/h3-9,11H,1,10H2,2H3. The fraction of sp³-hybridized carbons (Fsp3) is 0.125. The third-order valence-corrected chi connectivity index (χ3v) is 5.47. The summed E-state index contributed by atoms with van der Waals surface area (Å²) in [6.45, 7) is 3.44. The Morgan fingerprint density at radius 2 is 1.92 bits per heavy atom. The third-order valence-electron chi connectivity index (χ3n) is 3.35. The lowest BCUT2D eigenvalue weighted by atomic mass is 10.3. The first-order chi connectivity index (χ1) is 11.8. The molecule has 2 aromatic carbocycles. The molecule has 0 aliphatic heterocycles. The average Bonchev–Trinajstić information content (AvgIpc) is 2.60. The maximum atomic E-state index is 13.0. The van der Waals surface area contributed by atoms with E-state index < -0.39 is 14.9 Å². The van der Waals surface area contributed by atoms with Crippen molar-refractivity contribution in [1.82, 2.24) is 0 Å². The first-order valence-corrected chi connectivity index (χ1v) is 8.84. The van der Waals surface area contributed by atoms with Crippen LogP contribution in [0.3, 0.4) is 0 Å². The van der Waals surface area contributed by atoms with Crippen molar-refractivity contribution in [3.05, 3.63) is 70.3 Å². The molecule has 25 heavy (non-hydrogen) atoms. The van der Waals surface area contributed by atoms with Gasteiger partial charge in [0, 0.05) is 12.1 Å². The van der Waals surface area contributed by atoms with Gasteiger partial charge >= 0.3 is 0 Å².